The van der Waals surface area contributed by atoms with E-state index in [4.69, 9.17) is 9.47 Å². The summed E-state index contributed by atoms with van der Waals surface area (Å²) in [6, 6.07) is 11.8. The molecule has 1 heterocycles. The van der Waals surface area contributed by atoms with Gasteiger partial charge in [-0.05, 0) is 56.8 Å². The highest BCUT2D eigenvalue weighted by molar-refractivity contribution is 6.46. The molecule has 1 fully saturated rings. The van der Waals surface area contributed by atoms with E-state index in [0.717, 1.165) is 18.7 Å². The lowest BCUT2D eigenvalue weighted by molar-refractivity contribution is -0.140. The Kier molecular flexibility index (Phi) is 8.34. The zero-order valence-corrected chi connectivity index (χ0v) is 20.6. The van der Waals surface area contributed by atoms with E-state index < -0.39 is 17.7 Å². The number of hydrogen-bond donors (Lipinski definition) is 1. The van der Waals surface area contributed by atoms with E-state index in [-0.39, 0.29) is 11.3 Å². The average molecular weight is 467 g/mol. The molecule has 0 aliphatic carbocycles. The fourth-order valence-electron chi connectivity index (χ4n) is 4.38. The molecule has 0 aromatic heterocycles. The van der Waals surface area contributed by atoms with Gasteiger partial charge in [0.25, 0.3) is 11.7 Å². The van der Waals surface area contributed by atoms with Gasteiger partial charge in [0, 0.05) is 24.2 Å². The highest BCUT2D eigenvalue weighted by Crippen LogP contribution is 2.42. The van der Waals surface area contributed by atoms with Crippen molar-refractivity contribution in [1.29, 1.82) is 0 Å². The minimum atomic E-state index is -0.751. The van der Waals surface area contributed by atoms with Gasteiger partial charge in [0.1, 0.15) is 17.3 Å². The molecule has 0 radical (unpaired) electrons. The zero-order chi connectivity index (χ0) is 24.8. The van der Waals surface area contributed by atoms with Gasteiger partial charge in [0.15, 0.2) is 0 Å². The summed E-state index contributed by atoms with van der Waals surface area (Å²) < 4.78 is 11.2. The molecule has 1 atom stereocenters. The molecule has 2 aromatic carbocycles. The largest absolute Gasteiger partial charge is 0.507 e. The third-order valence-corrected chi connectivity index (χ3v) is 6.27. The molecule has 0 bridgehead atoms. The number of likely N-dealkylation sites (tertiary alicyclic amines) is 1. The molecule has 1 N–H and O–H groups in total. The molecule has 1 unspecified atom stereocenters. The number of rotatable bonds is 10. The van der Waals surface area contributed by atoms with Crippen molar-refractivity contribution in [2.24, 2.45) is 0 Å². The molecule has 0 saturated carbocycles. The molecule has 1 saturated heterocycles. The molecule has 3 rings (SSSR count). The number of carbonyl (C=O) groups is 2. The molecule has 1 amide bonds. The van der Waals surface area contributed by atoms with Crippen LogP contribution in [0.25, 0.3) is 5.76 Å². The Balaban J connectivity index is 2.14. The smallest absolute Gasteiger partial charge is 0.295 e. The first-order valence-electron chi connectivity index (χ1n) is 11.7. The topological polar surface area (TPSA) is 79.3 Å². The lowest BCUT2D eigenvalue weighted by Crippen LogP contribution is -2.38. The molecule has 0 spiro atoms. The predicted octanol–water partition coefficient (Wildman–Crippen LogP) is 4.17. The van der Waals surface area contributed by atoms with Crippen LogP contribution in [0, 0.1) is 6.92 Å². The summed E-state index contributed by atoms with van der Waals surface area (Å²) in [6.07, 6.45) is 0. The molecule has 2 aromatic rings. The Morgan fingerprint density at radius 2 is 1.76 bits per heavy atom. The van der Waals surface area contributed by atoms with E-state index in [1.165, 1.54) is 0 Å². The van der Waals surface area contributed by atoms with Crippen molar-refractivity contribution in [3.8, 4) is 11.5 Å². The van der Waals surface area contributed by atoms with Crippen LogP contribution in [0.5, 0.6) is 11.5 Å². The first-order valence-corrected chi connectivity index (χ1v) is 11.7. The summed E-state index contributed by atoms with van der Waals surface area (Å²) in [6.45, 7) is 11.1. The quantitative estimate of drug-likeness (QED) is 0.322. The van der Waals surface area contributed by atoms with Crippen LogP contribution in [-0.2, 0) is 9.59 Å². The number of aliphatic hydroxyl groups is 1. The molecule has 34 heavy (non-hydrogen) atoms. The van der Waals surface area contributed by atoms with E-state index >= 15 is 0 Å². The molecular weight excluding hydrogens is 432 g/mol. The average Bonchev–Trinajstić information content (AvgIpc) is 3.10. The summed E-state index contributed by atoms with van der Waals surface area (Å²) in [4.78, 5) is 30.2. The summed E-state index contributed by atoms with van der Waals surface area (Å²) in [5.74, 6) is -0.256. The monoisotopic (exact) mass is 466 g/mol. The number of ketones is 1. The van der Waals surface area contributed by atoms with Crippen LogP contribution in [0.1, 0.15) is 43.5 Å². The van der Waals surface area contributed by atoms with Crippen LogP contribution in [0.3, 0.4) is 0 Å². The number of aryl methyl sites for hydroxylation is 1. The molecule has 1 aliphatic heterocycles. The maximum atomic E-state index is 13.3. The van der Waals surface area contributed by atoms with Gasteiger partial charge < -0.3 is 24.4 Å². The minimum Gasteiger partial charge on any atom is -0.507 e. The lowest BCUT2D eigenvalue weighted by Gasteiger charge is -2.29. The Morgan fingerprint density at radius 3 is 2.38 bits per heavy atom. The Morgan fingerprint density at radius 1 is 1.06 bits per heavy atom. The van der Waals surface area contributed by atoms with E-state index in [1.807, 2.05) is 32.0 Å². The van der Waals surface area contributed by atoms with Crippen molar-refractivity contribution in [1.82, 2.24) is 9.80 Å². The van der Waals surface area contributed by atoms with Gasteiger partial charge in [0.05, 0.1) is 25.3 Å². The van der Waals surface area contributed by atoms with Crippen molar-refractivity contribution in [2.45, 2.75) is 33.7 Å². The number of aliphatic hydroxyl groups excluding tert-OH is 1. The SMILES string of the molecule is CCOc1ccc(/C(O)=C2\C(=O)C(=O)N(CCN(CC)CC)C2c2ccccc2OC)cc1C. The van der Waals surface area contributed by atoms with Crippen molar-refractivity contribution >= 4 is 17.4 Å². The van der Waals surface area contributed by atoms with Crippen molar-refractivity contribution in [3.05, 3.63) is 64.7 Å². The number of carbonyl (C=O) groups excluding carboxylic acids is 2. The number of benzene rings is 2. The highest BCUT2D eigenvalue weighted by Gasteiger charge is 2.46. The summed E-state index contributed by atoms with van der Waals surface area (Å²) >= 11 is 0. The molecule has 1 aliphatic rings. The van der Waals surface area contributed by atoms with Gasteiger partial charge in [-0.25, -0.2) is 0 Å². The first kappa shape index (κ1) is 25.3. The number of ether oxygens (including phenoxy) is 2. The van der Waals surface area contributed by atoms with Gasteiger partial charge in [-0.15, -0.1) is 0 Å². The van der Waals surface area contributed by atoms with Crippen LogP contribution in [-0.4, -0.2) is 66.5 Å². The fraction of sp³-hybridized carbons (Fsp3) is 0.407. The number of para-hydroxylation sites is 1. The standard InChI is InChI=1S/C27H34N2O5/c1-6-28(7-2)15-16-29-24(20-11-9-10-12-22(20)33-5)23(26(31)27(29)32)25(30)19-13-14-21(34-8-3)18(4)17-19/h9-14,17,24,30H,6-8,15-16H2,1-5H3/b25-23+. The summed E-state index contributed by atoms with van der Waals surface area (Å²) in [5, 5.41) is 11.3. The highest BCUT2D eigenvalue weighted by atomic mass is 16.5. The lowest BCUT2D eigenvalue weighted by atomic mass is 9.94. The molecule has 182 valence electrons. The number of methoxy groups -OCH3 is 1. The summed E-state index contributed by atoms with van der Waals surface area (Å²) in [5.41, 5.74) is 2.02. The minimum absolute atomic E-state index is 0.0672. The number of amides is 1. The van der Waals surface area contributed by atoms with Gasteiger partial charge in [-0.1, -0.05) is 32.0 Å². The van der Waals surface area contributed by atoms with Crippen LogP contribution < -0.4 is 9.47 Å². The maximum Gasteiger partial charge on any atom is 0.295 e. The van der Waals surface area contributed by atoms with E-state index in [0.29, 0.717) is 42.3 Å². The van der Waals surface area contributed by atoms with E-state index in [9.17, 15) is 14.7 Å². The van der Waals surface area contributed by atoms with E-state index in [1.54, 1.807) is 36.3 Å². The van der Waals surface area contributed by atoms with Crippen LogP contribution in [0.2, 0.25) is 0 Å². The Bertz CT molecular complexity index is 1070. The van der Waals surface area contributed by atoms with Crippen LogP contribution in [0.15, 0.2) is 48.0 Å². The van der Waals surface area contributed by atoms with Crippen LogP contribution >= 0.6 is 0 Å². The second-order valence-electron chi connectivity index (χ2n) is 8.17. The molecule has 7 nitrogen and oxygen atoms in total. The number of Topliss-reactive ketones (excluding diaryl/α,β-unsaturated/α-hetero) is 1. The van der Waals surface area contributed by atoms with Gasteiger partial charge in [-0.2, -0.15) is 0 Å². The second-order valence-corrected chi connectivity index (χ2v) is 8.17. The third kappa shape index (κ3) is 4.94. The van der Waals surface area contributed by atoms with Gasteiger partial charge in [0.2, 0.25) is 0 Å². The zero-order valence-electron chi connectivity index (χ0n) is 20.6. The number of likely N-dealkylation sites (N-methyl/N-ethyl adjacent to an activating group) is 1. The molecule has 7 heteroatoms. The Labute approximate surface area is 201 Å². The third-order valence-electron chi connectivity index (χ3n) is 6.27. The van der Waals surface area contributed by atoms with Gasteiger partial charge in [-0.3, -0.25) is 9.59 Å². The van der Waals surface area contributed by atoms with Crippen LogP contribution in [0.4, 0.5) is 0 Å². The van der Waals surface area contributed by atoms with Gasteiger partial charge >= 0.3 is 0 Å². The predicted molar refractivity (Wildman–Crippen MR) is 132 cm³/mol. The fourth-order valence-corrected chi connectivity index (χ4v) is 4.38. The number of hydrogen-bond acceptors (Lipinski definition) is 6. The van der Waals surface area contributed by atoms with Crippen molar-refractivity contribution in [2.75, 3.05) is 39.9 Å². The Hall–Kier alpha value is -3.32. The van der Waals surface area contributed by atoms with E-state index in [2.05, 4.69) is 18.7 Å². The maximum absolute atomic E-state index is 13.3. The molecular formula is C27H34N2O5. The number of nitrogens with zero attached hydrogens (tertiary/aromatic N) is 2. The summed E-state index contributed by atoms with van der Waals surface area (Å²) in [7, 11) is 1.55. The van der Waals surface area contributed by atoms with Crippen molar-refractivity contribution in [3.63, 3.8) is 0 Å². The van der Waals surface area contributed by atoms with Crippen molar-refractivity contribution < 1.29 is 24.2 Å². The second kappa shape index (κ2) is 11.2. The first-order chi connectivity index (χ1) is 16.4. The normalized spacial score (nSPS) is 17.5.